The molecule has 5 heteroatoms. The van der Waals surface area contributed by atoms with Gasteiger partial charge in [-0.2, -0.15) is 0 Å². The van der Waals surface area contributed by atoms with Gasteiger partial charge in [-0.3, -0.25) is 0 Å². The number of allylic oxidation sites excluding steroid dienone is 1. The van der Waals surface area contributed by atoms with Crippen LogP contribution >= 0.6 is 0 Å². The number of benzene rings is 2. The van der Waals surface area contributed by atoms with Gasteiger partial charge in [-0.05, 0) is 41.8 Å². The molecule has 0 atom stereocenters. The molecule has 2 aromatic carbocycles. The van der Waals surface area contributed by atoms with Crippen LogP contribution < -0.4 is 9.47 Å². The van der Waals surface area contributed by atoms with E-state index in [0.29, 0.717) is 17.9 Å². The van der Waals surface area contributed by atoms with E-state index in [1.165, 1.54) is 12.1 Å². The maximum atomic E-state index is 10.9. The molecule has 0 radical (unpaired) electrons. The molecule has 0 amide bonds. The van der Waals surface area contributed by atoms with E-state index in [2.05, 4.69) is 6.58 Å². The molecule has 0 heterocycles. The van der Waals surface area contributed by atoms with Crippen molar-refractivity contribution in [1.29, 1.82) is 0 Å². The second-order valence-corrected chi connectivity index (χ2v) is 5.23. The van der Waals surface area contributed by atoms with Gasteiger partial charge in [0.05, 0.1) is 19.3 Å². The Hall–Kier alpha value is -2.79. The molecule has 5 nitrogen and oxygen atoms in total. The standard InChI is InChI=1S/C19H20O5/c1-3-4-16-9-14(11-20)10-17(23-2)18(16)24-12-13-5-7-15(8-6-13)19(21)22/h3,5-10,20H,1,4,11-12H2,2H3,(H,21,22). The number of ether oxygens (including phenoxy) is 2. The molecule has 2 N–H and O–H groups in total. The highest BCUT2D eigenvalue weighted by Crippen LogP contribution is 2.34. The van der Waals surface area contributed by atoms with E-state index in [-0.39, 0.29) is 18.8 Å². The lowest BCUT2D eigenvalue weighted by atomic mass is 10.1. The highest BCUT2D eigenvalue weighted by atomic mass is 16.5. The quantitative estimate of drug-likeness (QED) is 0.728. The number of aromatic carboxylic acids is 1. The van der Waals surface area contributed by atoms with E-state index < -0.39 is 5.97 Å². The predicted molar refractivity (Wildman–Crippen MR) is 90.6 cm³/mol. The number of carboxylic acid groups (broad SMARTS) is 1. The third-order valence-corrected chi connectivity index (χ3v) is 3.54. The van der Waals surface area contributed by atoms with Crippen molar-refractivity contribution in [3.05, 3.63) is 71.3 Å². The number of rotatable bonds is 8. The lowest BCUT2D eigenvalue weighted by Gasteiger charge is -2.16. The third-order valence-electron chi connectivity index (χ3n) is 3.54. The fourth-order valence-electron chi connectivity index (χ4n) is 2.34. The van der Waals surface area contributed by atoms with Crippen molar-refractivity contribution in [2.24, 2.45) is 0 Å². The van der Waals surface area contributed by atoms with Crippen LogP contribution in [0.3, 0.4) is 0 Å². The zero-order chi connectivity index (χ0) is 17.5. The van der Waals surface area contributed by atoms with Crippen LogP contribution in [0.1, 0.15) is 27.0 Å². The summed E-state index contributed by atoms with van der Waals surface area (Å²) in [5, 5.41) is 18.3. The van der Waals surface area contributed by atoms with E-state index in [0.717, 1.165) is 16.7 Å². The van der Waals surface area contributed by atoms with Gasteiger partial charge in [-0.15, -0.1) is 6.58 Å². The third kappa shape index (κ3) is 4.14. The monoisotopic (exact) mass is 328 g/mol. The minimum absolute atomic E-state index is 0.0859. The zero-order valence-electron chi connectivity index (χ0n) is 13.5. The summed E-state index contributed by atoms with van der Waals surface area (Å²) in [4.78, 5) is 10.9. The predicted octanol–water partition coefficient (Wildman–Crippen LogP) is 3.19. The Bertz CT molecular complexity index is 719. The van der Waals surface area contributed by atoms with E-state index in [9.17, 15) is 9.90 Å². The Morgan fingerprint density at radius 3 is 2.46 bits per heavy atom. The van der Waals surface area contributed by atoms with Crippen molar-refractivity contribution in [3.63, 3.8) is 0 Å². The lowest BCUT2D eigenvalue weighted by molar-refractivity contribution is 0.0697. The molecule has 2 rings (SSSR count). The molecule has 0 saturated heterocycles. The topological polar surface area (TPSA) is 76.0 Å². The molecule has 0 spiro atoms. The van der Waals surface area contributed by atoms with Gasteiger partial charge in [0.2, 0.25) is 0 Å². The van der Waals surface area contributed by atoms with Gasteiger partial charge in [0.15, 0.2) is 11.5 Å². The molecule has 0 fully saturated rings. The van der Waals surface area contributed by atoms with E-state index in [4.69, 9.17) is 14.6 Å². The van der Waals surface area contributed by atoms with Crippen LogP contribution in [0.4, 0.5) is 0 Å². The molecule has 2 aromatic rings. The van der Waals surface area contributed by atoms with Gasteiger partial charge in [0, 0.05) is 5.56 Å². The Labute approximate surface area is 140 Å². The molecule has 0 aliphatic rings. The van der Waals surface area contributed by atoms with Crippen LogP contribution in [0.15, 0.2) is 49.1 Å². The zero-order valence-corrected chi connectivity index (χ0v) is 13.5. The molecule has 0 aliphatic heterocycles. The molecular weight excluding hydrogens is 308 g/mol. The van der Waals surface area contributed by atoms with Gasteiger partial charge in [0.1, 0.15) is 6.61 Å². The number of hydrogen-bond acceptors (Lipinski definition) is 4. The second-order valence-electron chi connectivity index (χ2n) is 5.23. The van der Waals surface area contributed by atoms with E-state index in [1.54, 1.807) is 31.4 Å². The van der Waals surface area contributed by atoms with Gasteiger partial charge in [0.25, 0.3) is 0 Å². The van der Waals surface area contributed by atoms with Crippen LogP contribution in [0.5, 0.6) is 11.5 Å². The number of hydrogen-bond donors (Lipinski definition) is 2. The van der Waals surface area contributed by atoms with Crippen molar-refractivity contribution in [2.75, 3.05) is 7.11 Å². The number of methoxy groups -OCH3 is 1. The highest BCUT2D eigenvalue weighted by molar-refractivity contribution is 5.87. The Morgan fingerprint density at radius 1 is 1.21 bits per heavy atom. The molecule has 0 saturated carbocycles. The molecule has 0 bridgehead atoms. The Morgan fingerprint density at radius 2 is 1.92 bits per heavy atom. The maximum absolute atomic E-state index is 10.9. The second kappa shape index (κ2) is 8.17. The SMILES string of the molecule is C=CCc1cc(CO)cc(OC)c1OCc1ccc(C(=O)O)cc1. The average molecular weight is 328 g/mol. The van der Waals surface area contributed by atoms with Crippen molar-refractivity contribution in [2.45, 2.75) is 19.6 Å². The van der Waals surface area contributed by atoms with Crippen LogP contribution in [0.2, 0.25) is 0 Å². The van der Waals surface area contributed by atoms with E-state index in [1.807, 2.05) is 6.07 Å². The van der Waals surface area contributed by atoms with Gasteiger partial charge in [-0.1, -0.05) is 18.2 Å². The summed E-state index contributed by atoms with van der Waals surface area (Å²) in [6.45, 7) is 3.93. The number of carboxylic acids is 1. The van der Waals surface area contributed by atoms with Crippen LogP contribution in [0, 0.1) is 0 Å². The summed E-state index contributed by atoms with van der Waals surface area (Å²) in [6.07, 6.45) is 2.34. The molecular formula is C19H20O5. The van der Waals surface area contributed by atoms with Crippen molar-refractivity contribution in [1.82, 2.24) is 0 Å². The molecule has 0 aromatic heterocycles. The first-order valence-corrected chi connectivity index (χ1v) is 7.45. The first-order valence-electron chi connectivity index (χ1n) is 7.45. The van der Waals surface area contributed by atoms with Crippen molar-refractivity contribution in [3.8, 4) is 11.5 Å². The Balaban J connectivity index is 2.24. The maximum Gasteiger partial charge on any atom is 0.335 e. The van der Waals surface area contributed by atoms with Crippen molar-refractivity contribution >= 4 is 5.97 Å². The largest absolute Gasteiger partial charge is 0.493 e. The fourth-order valence-corrected chi connectivity index (χ4v) is 2.34. The Kier molecular flexibility index (Phi) is 5.98. The van der Waals surface area contributed by atoms with Crippen LogP contribution in [0.25, 0.3) is 0 Å². The van der Waals surface area contributed by atoms with Crippen molar-refractivity contribution < 1.29 is 24.5 Å². The smallest absolute Gasteiger partial charge is 0.335 e. The minimum Gasteiger partial charge on any atom is -0.493 e. The van der Waals surface area contributed by atoms with Gasteiger partial charge < -0.3 is 19.7 Å². The summed E-state index contributed by atoms with van der Waals surface area (Å²) in [6, 6.07) is 10.1. The number of aliphatic hydroxyl groups is 1. The van der Waals surface area contributed by atoms with Gasteiger partial charge >= 0.3 is 5.97 Å². The minimum atomic E-state index is -0.961. The summed E-state index contributed by atoms with van der Waals surface area (Å²) in [5.74, 6) is 0.175. The first-order chi connectivity index (χ1) is 11.6. The average Bonchev–Trinajstić information content (AvgIpc) is 2.60. The molecule has 0 unspecified atom stereocenters. The van der Waals surface area contributed by atoms with Gasteiger partial charge in [-0.25, -0.2) is 4.79 Å². The van der Waals surface area contributed by atoms with Crippen LogP contribution in [-0.2, 0) is 19.6 Å². The van der Waals surface area contributed by atoms with E-state index >= 15 is 0 Å². The normalized spacial score (nSPS) is 10.2. The molecule has 126 valence electrons. The highest BCUT2D eigenvalue weighted by Gasteiger charge is 2.13. The van der Waals surface area contributed by atoms with Crippen LogP contribution in [-0.4, -0.2) is 23.3 Å². The summed E-state index contributed by atoms with van der Waals surface area (Å²) in [5.41, 5.74) is 2.69. The number of aliphatic hydroxyl groups excluding tert-OH is 1. The summed E-state index contributed by atoms with van der Waals surface area (Å²) in [7, 11) is 1.54. The summed E-state index contributed by atoms with van der Waals surface area (Å²) < 4.78 is 11.3. The molecule has 24 heavy (non-hydrogen) atoms. The molecule has 0 aliphatic carbocycles. The first kappa shape index (κ1) is 17.6. The fraction of sp³-hybridized carbons (Fsp3) is 0.211. The summed E-state index contributed by atoms with van der Waals surface area (Å²) >= 11 is 0. The number of carbonyl (C=O) groups is 1. The lowest BCUT2D eigenvalue weighted by Crippen LogP contribution is -2.03.